The van der Waals surface area contributed by atoms with Crippen molar-refractivity contribution >= 4 is 110 Å². The summed E-state index contributed by atoms with van der Waals surface area (Å²) in [4.78, 5) is 4.64. The van der Waals surface area contributed by atoms with E-state index in [1.54, 1.807) is 0 Å². The Morgan fingerprint density at radius 2 is 0.677 bits per heavy atom. The summed E-state index contributed by atoms with van der Waals surface area (Å²) in [5.41, 5.74) is 13.5. The molecule has 0 amide bonds. The van der Waals surface area contributed by atoms with Crippen molar-refractivity contribution in [2.24, 2.45) is 0 Å². The second-order valence-electron chi connectivity index (χ2n) is 15.9. The Balaban J connectivity index is 1.18. The molecule has 13 rings (SSSR count). The van der Waals surface area contributed by atoms with E-state index in [1.807, 2.05) is 48.5 Å². The highest BCUT2D eigenvalue weighted by molar-refractivity contribution is 6.32. The molecule has 0 saturated heterocycles. The van der Waals surface area contributed by atoms with E-state index in [1.165, 1.54) is 0 Å². The van der Waals surface area contributed by atoms with Crippen LogP contribution in [0.4, 0.5) is 34.1 Å². The zero-order chi connectivity index (χ0) is 41.1. The van der Waals surface area contributed by atoms with Crippen molar-refractivity contribution < 1.29 is 0 Å². The molecule has 286 valence electrons. The number of rotatable bonds is 6. The molecule has 0 N–H and O–H groups in total. The zero-order valence-electron chi connectivity index (χ0n) is 33.2. The van der Waals surface area contributed by atoms with E-state index in [-0.39, 0.29) is 0 Å². The highest BCUT2D eigenvalue weighted by Gasteiger charge is 2.29. The number of aromatic nitrogens is 2. The van der Waals surface area contributed by atoms with Crippen LogP contribution >= 0.6 is 0 Å². The lowest BCUT2D eigenvalue weighted by Gasteiger charge is -2.26. The fraction of sp³-hybridized carbons (Fsp3) is 0. The van der Waals surface area contributed by atoms with Crippen LogP contribution in [-0.4, -0.2) is 8.80 Å². The van der Waals surface area contributed by atoms with Gasteiger partial charge in [0.05, 0.1) is 55.6 Å². The molecule has 0 bridgehead atoms. The van der Waals surface area contributed by atoms with E-state index in [0.717, 1.165) is 110 Å². The quantitative estimate of drug-likeness (QED) is 0.168. The molecule has 0 aliphatic heterocycles. The monoisotopic (exact) mass is 788 g/mol. The van der Waals surface area contributed by atoms with Crippen LogP contribution in [0.1, 0.15) is 11.1 Å². The summed E-state index contributed by atoms with van der Waals surface area (Å²) < 4.78 is 4.66. The van der Waals surface area contributed by atoms with Crippen molar-refractivity contribution in [1.29, 1.82) is 10.5 Å². The molecule has 4 heterocycles. The van der Waals surface area contributed by atoms with Gasteiger partial charge in [-0.3, -0.25) is 0 Å². The molecule has 0 atom stereocenters. The first-order valence-corrected chi connectivity index (χ1v) is 20.7. The molecule has 62 heavy (non-hydrogen) atoms. The number of anilines is 6. The molecule has 4 aromatic heterocycles. The molecular formula is C56H32N6. The predicted molar refractivity (Wildman–Crippen MR) is 255 cm³/mol. The van der Waals surface area contributed by atoms with Gasteiger partial charge in [0.2, 0.25) is 0 Å². The average Bonchev–Trinajstić information content (AvgIpc) is 4.06. The third-order valence-electron chi connectivity index (χ3n) is 12.8. The lowest BCUT2D eigenvalue weighted by Crippen LogP contribution is -2.10. The Kier molecular flexibility index (Phi) is 7.05. The van der Waals surface area contributed by atoms with Crippen molar-refractivity contribution in [2.75, 3.05) is 9.80 Å². The molecule has 0 aliphatic carbocycles. The number of fused-ring (bicyclic) bond motifs is 12. The Hall–Kier alpha value is -8.84. The summed E-state index contributed by atoms with van der Waals surface area (Å²) in [5, 5.41) is 30.0. The normalized spacial score (nSPS) is 11.8. The molecule has 0 aliphatic rings. The van der Waals surface area contributed by atoms with Crippen LogP contribution in [0.5, 0.6) is 0 Å². The van der Waals surface area contributed by atoms with Gasteiger partial charge in [0.25, 0.3) is 0 Å². The van der Waals surface area contributed by atoms with E-state index in [9.17, 15) is 10.5 Å². The van der Waals surface area contributed by atoms with Crippen LogP contribution < -0.4 is 9.80 Å². The fourth-order valence-electron chi connectivity index (χ4n) is 10.4. The topological polar surface area (TPSA) is 62.9 Å². The fourth-order valence-corrected chi connectivity index (χ4v) is 10.4. The van der Waals surface area contributed by atoms with Crippen molar-refractivity contribution in [3.05, 3.63) is 205 Å². The second kappa shape index (κ2) is 12.8. The first-order chi connectivity index (χ1) is 30.7. The van der Waals surface area contributed by atoms with Crippen LogP contribution in [-0.2, 0) is 0 Å². The second-order valence-corrected chi connectivity index (χ2v) is 15.9. The minimum atomic E-state index is 0.625. The molecule has 9 aromatic carbocycles. The van der Waals surface area contributed by atoms with Crippen LogP contribution in [0, 0.1) is 22.7 Å². The molecular weight excluding hydrogens is 757 g/mol. The number of hydrogen-bond donors (Lipinski definition) is 0. The molecule has 0 unspecified atom stereocenters. The first-order valence-electron chi connectivity index (χ1n) is 20.7. The Morgan fingerprint density at radius 3 is 1.02 bits per heavy atom. The number of benzene rings is 9. The highest BCUT2D eigenvalue weighted by atomic mass is 15.2. The van der Waals surface area contributed by atoms with E-state index < -0.39 is 0 Å². The van der Waals surface area contributed by atoms with E-state index in [4.69, 9.17) is 0 Å². The van der Waals surface area contributed by atoms with Gasteiger partial charge in [-0.15, -0.1) is 0 Å². The van der Waals surface area contributed by atoms with E-state index in [0.29, 0.717) is 11.1 Å². The Labute approximate surface area is 355 Å². The number of nitriles is 2. The van der Waals surface area contributed by atoms with Gasteiger partial charge in [0.1, 0.15) is 12.1 Å². The van der Waals surface area contributed by atoms with Gasteiger partial charge in [0.15, 0.2) is 0 Å². The van der Waals surface area contributed by atoms with Gasteiger partial charge < -0.3 is 18.6 Å². The first kappa shape index (κ1) is 34.1. The summed E-state index contributed by atoms with van der Waals surface area (Å²) in [7, 11) is 0. The summed E-state index contributed by atoms with van der Waals surface area (Å²) in [6, 6.07) is 72.8. The Morgan fingerprint density at radius 1 is 0.323 bits per heavy atom. The maximum atomic E-state index is 10.7. The van der Waals surface area contributed by atoms with Gasteiger partial charge in [-0.05, 0) is 84.9 Å². The molecule has 0 radical (unpaired) electrons. The minimum absolute atomic E-state index is 0.625. The van der Waals surface area contributed by atoms with Crippen LogP contribution in [0.15, 0.2) is 194 Å². The van der Waals surface area contributed by atoms with Crippen LogP contribution in [0.3, 0.4) is 0 Å². The number of para-hydroxylation sites is 6. The van der Waals surface area contributed by atoms with Crippen molar-refractivity contribution in [2.45, 2.75) is 0 Å². The van der Waals surface area contributed by atoms with Gasteiger partial charge >= 0.3 is 0 Å². The van der Waals surface area contributed by atoms with Crippen molar-refractivity contribution in [1.82, 2.24) is 8.80 Å². The summed E-state index contributed by atoms with van der Waals surface area (Å²) in [6.07, 6.45) is 0. The Bertz CT molecular complexity index is 3650. The third-order valence-corrected chi connectivity index (χ3v) is 12.8. The van der Waals surface area contributed by atoms with Gasteiger partial charge in [0, 0.05) is 65.8 Å². The van der Waals surface area contributed by atoms with E-state index >= 15 is 0 Å². The molecule has 6 nitrogen and oxygen atoms in total. The van der Waals surface area contributed by atoms with Crippen molar-refractivity contribution in [3.8, 4) is 12.1 Å². The van der Waals surface area contributed by atoms with E-state index in [2.05, 4.69) is 176 Å². The standard InChI is InChI=1S/C56H32N6/c57-33-35-15-13-25-43-51-47(59(37-17-5-1-6-18-37)38-19-7-2-8-20-38)29-27-41-45-31-50-46(32-49(45)61(53(35)43)55(41)51)42-28-30-48(52-44-26-14-16-36(34-58)54(44)62(50)56(42)52)60(39-21-9-3-10-22-39)40-23-11-4-12-24-40/h1-32H. The highest BCUT2D eigenvalue weighted by Crippen LogP contribution is 2.51. The zero-order valence-corrected chi connectivity index (χ0v) is 33.2. The third kappa shape index (κ3) is 4.50. The minimum Gasteiger partial charge on any atom is -0.310 e. The molecule has 0 fully saturated rings. The molecule has 13 aromatic rings. The summed E-state index contributed by atoms with van der Waals surface area (Å²) in [6.45, 7) is 0. The SMILES string of the molecule is N#Cc1cccc2c3c(N(c4ccccc4)c4ccccc4)ccc4c5cc6c(cc5n(c12)c43)c1ccc(N(c2ccccc2)c2ccccc2)c2c3cccc(C#N)c3n6c12. The molecule has 0 saturated carbocycles. The molecule has 0 spiro atoms. The molecule has 6 heteroatoms. The van der Waals surface area contributed by atoms with Gasteiger partial charge in [-0.25, -0.2) is 0 Å². The van der Waals surface area contributed by atoms with Crippen LogP contribution in [0.25, 0.3) is 76.2 Å². The number of nitrogens with zero attached hydrogens (tertiary/aromatic N) is 6. The van der Waals surface area contributed by atoms with Crippen molar-refractivity contribution in [3.63, 3.8) is 0 Å². The lowest BCUT2D eigenvalue weighted by molar-refractivity contribution is 1.30. The largest absolute Gasteiger partial charge is 0.310 e. The summed E-state index contributed by atoms with van der Waals surface area (Å²) in [5.74, 6) is 0. The predicted octanol–water partition coefficient (Wildman–Crippen LogP) is 14.7. The lowest BCUT2D eigenvalue weighted by atomic mass is 10.0. The average molecular weight is 789 g/mol. The smallest absolute Gasteiger partial charge is 0.101 e. The van der Waals surface area contributed by atoms with Crippen LogP contribution in [0.2, 0.25) is 0 Å². The summed E-state index contributed by atoms with van der Waals surface area (Å²) >= 11 is 0. The number of hydrogen-bond acceptors (Lipinski definition) is 4. The van der Waals surface area contributed by atoms with Gasteiger partial charge in [-0.2, -0.15) is 10.5 Å². The maximum absolute atomic E-state index is 10.7. The van der Waals surface area contributed by atoms with Gasteiger partial charge in [-0.1, -0.05) is 109 Å². The maximum Gasteiger partial charge on any atom is 0.101 e.